The minimum absolute atomic E-state index is 0. The molecule has 0 aromatic rings. The van der Waals surface area contributed by atoms with Gasteiger partial charge in [-0.3, -0.25) is 4.79 Å². The molecule has 3 N–H and O–H groups in total. The van der Waals surface area contributed by atoms with Gasteiger partial charge in [0.2, 0.25) is 15.9 Å². The van der Waals surface area contributed by atoms with Crippen LogP contribution in [0.25, 0.3) is 0 Å². The van der Waals surface area contributed by atoms with E-state index in [1.807, 2.05) is 27.7 Å². The van der Waals surface area contributed by atoms with Gasteiger partial charge in [-0.1, -0.05) is 27.7 Å². The molecule has 0 aromatic heterocycles. The molecule has 0 saturated carbocycles. The van der Waals surface area contributed by atoms with Crippen LogP contribution in [0.2, 0.25) is 0 Å². The Hall–Kier alpha value is -0.370. The maximum Gasteiger partial charge on any atom is 0.240 e. The summed E-state index contributed by atoms with van der Waals surface area (Å²) in [6, 6.07) is -0.595. The molecule has 1 atom stereocenters. The monoisotopic (exact) mass is 355 g/mol. The Balaban J connectivity index is 0.00000441. The summed E-state index contributed by atoms with van der Waals surface area (Å²) >= 11 is 0. The second-order valence-corrected chi connectivity index (χ2v) is 8.75. The third-order valence-corrected chi connectivity index (χ3v) is 5.46. The van der Waals surface area contributed by atoms with Crippen molar-refractivity contribution in [1.82, 2.24) is 9.62 Å². The summed E-state index contributed by atoms with van der Waals surface area (Å²) in [5.74, 6) is 0.110. The number of sulfonamides is 1. The first-order chi connectivity index (χ1) is 9.57. The molecule has 0 spiro atoms. The van der Waals surface area contributed by atoms with Crippen molar-refractivity contribution < 1.29 is 13.2 Å². The Labute approximate surface area is 140 Å². The van der Waals surface area contributed by atoms with E-state index in [2.05, 4.69) is 4.72 Å². The van der Waals surface area contributed by atoms with Gasteiger partial charge in [0.1, 0.15) is 0 Å². The lowest BCUT2D eigenvalue weighted by Crippen LogP contribution is -2.54. The van der Waals surface area contributed by atoms with E-state index < -0.39 is 16.1 Å². The molecule has 8 heteroatoms. The number of nitrogens with zero attached hydrogens (tertiary/aromatic N) is 1. The summed E-state index contributed by atoms with van der Waals surface area (Å²) < 4.78 is 26.2. The number of piperidine rings is 1. The SMILES string of the molecule is CCCS(=O)(=O)NC1CCN(C(=O)[C@@H](N)C(C)(C)C)CC1.Cl. The third-order valence-electron chi connectivity index (χ3n) is 3.82. The zero-order valence-electron chi connectivity index (χ0n) is 14.0. The average molecular weight is 356 g/mol. The topological polar surface area (TPSA) is 92.5 Å². The molecule has 6 nitrogen and oxygen atoms in total. The number of likely N-dealkylation sites (tertiary alicyclic amines) is 1. The molecule has 1 aliphatic rings. The van der Waals surface area contributed by atoms with Crippen LogP contribution in [0, 0.1) is 5.41 Å². The number of rotatable bonds is 5. The highest BCUT2D eigenvalue weighted by Crippen LogP contribution is 2.21. The molecule has 1 saturated heterocycles. The highest BCUT2D eigenvalue weighted by Gasteiger charge is 2.33. The van der Waals surface area contributed by atoms with Gasteiger partial charge in [-0.2, -0.15) is 0 Å². The molecular formula is C14H30ClN3O3S. The molecule has 1 aliphatic heterocycles. The second-order valence-electron chi connectivity index (χ2n) is 6.88. The maximum atomic E-state index is 12.3. The largest absolute Gasteiger partial charge is 0.341 e. The van der Waals surface area contributed by atoms with E-state index in [0.29, 0.717) is 32.4 Å². The molecule has 0 radical (unpaired) electrons. The predicted octanol–water partition coefficient (Wildman–Crippen LogP) is 1.10. The number of hydrogen-bond donors (Lipinski definition) is 2. The van der Waals surface area contributed by atoms with Crippen LogP contribution in [-0.4, -0.2) is 50.2 Å². The standard InChI is InChI=1S/C14H29N3O3S.ClH/c1-5-10-21(19,20)16-11-6-8-17(9-7-11)13(18)12(15)14(2,3)4;/h11-12,16H,5-10,15H2,1-4H3;1H/t12-;/m1./s1. The maximum absolute atomic E-state index is 12.3. The van der Waals surface area contributed by atoms with Crippen LogP contribution in [0.3, 0.4) is 0 Å². The van der Waals surface area contributed by atoms with E-state index in [1.54, 1.807) is 4.90 Å². The normalized spacial score (nSPS) is 18.7. The van der Waals surface area contributed by atoms with Crippen LogP contribution < -0.4 is 10.5 Å². The predicted molar refractivity (Wildman–Crippen MR) is 91.5 cm³/mol. The molecule has 1 amide bonds. The molecule has 1 rings (SSSR count). The highest BCUT2D eigenvalue weighted by atomic mass is 35.5. The van der Waals surface area contributed by atoms with Gasteiger partial charge >= 0.3 is 0 Å². The minimum Gasteiger partial charge on any atom is -0.341 e. The molecule has 0 unspecified atom stereocenters. The van der Waals surface area contributed by atoms with Gasteiger partial charge < -0.3 is 10.6 Å². The first kappa shape index (κ1) is 21.6. The fourth-order valence-electron chi connectivity index (χ4n) is 2.37. The summed E-state index contributed by atoms with van der Waals surface area (Å²) in [5.41, 5.74) is 5.73. The van der Waals surface area contributed by atoms with Crippen molar-refractivity contribution in [3.05, 3.63) is 0 Å². The van der Waals surface area contributed by atoms with E-state index in [9.17, 15) is 13.2 Å². The quantitative estimate of drug-likeness (QED) is 0.772. The van der Waals surface area contributed by atoms with E-state index in [0.717, 1.165) is 0 Å². The first-order valence-corrected chi connectivity index (χ1v) is 9.26. The Kier molecular flexibility index (Phi) is 8.33. The number of nitrogens with one attached hydrogen (secondary N) is 1. The smallest absolute Gasteiger partial charge is 0.240 e. The fraction of sp³-hybridized carbons (Fsp3) is 0.929. The summed E-state index contributed by atoms with van der Waals surface area (Å²) in [5, 5.41) is 0. The van der Waals surface area contributed by atoms with Crippen molar-refractivity contribution in [2.45, 2.75) is 59.0 Å². The number of hydrogen-bond acceptors (Lipinski definition) is 4. The second kappa shape index (κ2) is 8.47. The van der Waals surface area contributed by atoms with Crippen molar-refractivity contribution in [3.8, 4) is 0 Å². The van der Waals surface area contributed by atoms with Gasteiger partial charge in [-0.25, -0.2) is 13.1 Å². The van der Waals surface area contributed by atoms with E-state index in [4.69, 9.17) is 5.73 Å². The van der Waals surface area contributed by atoms with Crippen LogP contribution in [0.4, 0.5) is 0 Å². The van der Waals surface area contributed by atoms with Crippen LogP contribution >= 0.6 is 12.4 Å². The Bertz CT molecular complexity index is 454. The van der Waals surface area contributed by atoms with Gasteiger partial charge in [-0.05, 0) is 24.7 Å². The molecule has 1 heterocycles. The zero-order chi connectivity index (χ0) is 16.3. The van der Waals surface area contributed by atoms with Gasteiger partial charge in [0.15, 0.2) is 0 Å². The number of carbonyl (C=O) groups is 1. The van der Waals surface area contributed by atoms with Gasteiger partial charge in [-0.15, -0.1) is 12.4 Å². The molecule has 0 aromatic carbocycles. The zero-order valence-corrected chi connectivity index (χ0v) is 15.6. The van der Waals surface area contributed by atoms with Crippen LogP contribution in [0.15, 0.2) is 0 Å². The van der Waals surface area contributed by atoms with Crippen molar-refractivity contribution in [2.75, 3.05) is 18.8 Å². The Morgan fingerprint density at radius 2 is 1.82 bits per heavy atom. The van der Waals surface area contributed by atoms with Crippen molar-refractivity contribution in [1.29, 1.82) is 0 Å². The molecular weight excluding hydrogens is 326 g/mol. The van der Waals surface area contributed by atoms with E-state index in [-0.39, 0.29) is 35.5 Å². The molecule has 0 aliphatic carbocycles. The van der Waals surface area contributed by atoms with Gasteiger partial charge in [0.25, 0.3) is 0 Å². The van der Waals surface area contributed by atoms with Crippen LogP contribution in [0.5, 0.6) is 0 Å². The number of carbonyl (C=O) groups excluding carboxylic acids is 1. The van der Waals surface area contributed by atoms with E-state index >= 15 is 0 Å². The summed E-state index contributed by atoms with van der Waals surface area (Å²) in [6.07, 6.45) is 1.89. The van der Waals surface area contributed by atoms with Crippen molar-refractivity contribution >= 4 is 28.3 Å². The van der Waals surface area contributed by atoms with Crippen LogP contribution in [-0.2, 0) is 14.8 Å². The highest BCUT2D eigenvalue weighted by molar-refractivity contribution is 7.89. The Morgan fingerprint density at radius 3 is 2.23 bits per heavy atom. The molecule has 0 bridgehead atoms. The Morgan fingerprint density at radius 1 is 1.32 bits per heavy atom. The third kappa shape index (κ3) is 6.40. The number of amides is 1. The lowest BCUT2D eigenvalue weighted by atomic mass is 9.86. The summed E-state index contributed by atoms with van der Waals surface area (Å²) in [6.45, 7) is 8.79. The lowest BCUT2D eigenvalue weighted by Gasteiger charge is -2.36. The van der Waals surface area contributed by atoms with Gasteiger partial charge in [0.05, 0.1) is 11.8 Å². The average Bonchev–Trinajstić information content (AvgIpc) is 2.36. The summed E-state index contributed by atoms with van der Waals surface area (Å²) in [7, 11) is -3.19. The molecule has 1 fully saturated rings. The van der Waals surface area contributed by atoms with Crippen LogP contribution in [0.1, 0.15) is 47.0 Å². The summed E-state index contributed by atoms with van der Waals surface area (Å²) in [4.78, 5) is 14.1. The minimum atomic E-state index is -3.19. The number of nitrogens with two attached hydrogens (primary N) is 1. The lowest BCUT2D eigenvalue weighted by molar-refractivity contribution is -0.136. The van der Waals surface area contributed by atoms with Crippen molar-refractivity contribution in [2.24, 2.45) is 11.1 Å². The van der Waals surface area contributed by atoms with Gasteiger partial charge in [0, 0.05) is 19.1 Å². The van der Waals surface area contributed by atoms with Crippen molar-refractivity contribution in [3.63, 3.8) is 0 Å². The number of halogens is 1. The van der Waals surface area contributed by atoms with E-state index in [1.165, 1.54) is 0 Å². The fourth-order valence-corrected chi connectivity index (χ4v) is 3.77. The molecule has 22 heavy (non-hydrogen) atoms. The molecule has 132 valence electrons. The first-order valence-electron chi connectivity index (χ1n) is 7.61.